The molecule has 0 bridgehead atoms. The van der Waals surface area contributed by atoms with Crippen molar-refractivity contribution in [3.63, 3.8) is 0 Å². The first-order valence-corrected chi connectivity index (χ1v) is 13.1. The van der Waals surface area contributed by atoms with E-state index in [9.17, 15) is 5.11 Å². The maximum atomic E-state index is 10.5. The van der Waals surface area contributed by atoms with Crippen LogP contribution in [0.1, 0.15) is 48.6 Å². The van der Waals surface area contributed by atoms with Crippen LogP contribution in [0.3, 0.4) is 0 Å². The van der Waals surface area contributed by atoms with Gasteiger partial charge in [-0.25, -0.2) is 0 Å². The molecule has 192 valence electrons. The number of benzene rings is 2. The molecule has 4 unspecified atom stereocenters. The van der Waals surface area contributed by atoms with Gasteiger partial charge in [-0.3, -0.25) is 4.90 Å². The highest BCUT2D eigenvalue weighted by atomic mass is 35.5. The molecular formula is C28H39ClN2O4. The fraction of sp³-hybridized carbons (Fsp3) is 0.571. The average molecular weight is 503 g/mol. The summed E-state index contributed by atoms with van der Waals surface area (Å²) in [5.74, 6) is 1.73. The summed E-state index contributed by atoms with van der Waals surface area (Å²) in [7, 11) is 3.37. The van der Waals surface area contributed by atoms with E-state index in [-0.39, 0.29) is 6.61 Å². The number of nitrogens with one attached hydrogen (secondary N) is 1. The number of aliphatic hydroxyl groups excluding tert-OH is 1. The quantitative estimate of drug-likeness (QED) is 0.430. The van der Waals surface area contributed by atoms with Crippen molar-refractivity contribution >= 4 is 17.3 Å². The van der Waals surface area contributed by atoms with Crippen LogP contribution < -0.4 is 10.1 Å². The average Bonchev–Trinajstić information content (AvgIpc) is 3.08. The van der Waals surface area contributed by atoms with Crippen LogP contribution in [0, 0.1) is 0 Å². The van der Waals surface area contributed by atoms with Crippen LogP contribution in [-0.2, 0) is 9.47 Å². The third-order valence-corrected chi connectivity index (χ3v) is 7.56. The molecule has 2 aromatic rings. The predicted molar refractivity (Wildman–Crippen MR) is 141 cm³/mol. The topological polar surface area (TPSA) is 63.2 Å². The second kappa shape index (κ2) is 12.9. The molecule has 1 fully saturated rings. The van der Waals surface area contributed by atoms with Gasteiger partial charge in [-0.1, -0.05) is 36.6 Å². The van der Waals surface area contributed by atoms with Gasteiger partial charge in [0.15, 0.2) is 0 Å². The Balaban J connectivity index is 1.34. The van der Waals surface area contributed by atoms with E-state index in [4.69, 9.17) is 25.8 Å². The van der Waals surface area contributed by atoms with Crippen LogP contribution in [0.2, 0.25) is 5.02 Å². The Labute approximate surface area is 214 Å². The van der Waals surface area contributed by atoms with Gasteiger partial charge in [0, 0.05) is 62.4 Å². The normalized spacial score (nSPS) is 22.3. The van der Waals surface area contributed by atoms with Crippen molar-refractivity contribution in [1.29, 1.82) is 0 Å². The largest absolute Gasteiger partial charge is 0.491 e. The molecule has 2 aliphatic rings. The lowest BCUT2D eigenvalue weighted by molar-refractivity contribution is 0.0460. The first-order valence-electron chi connectivity index (χ1n) is 12.8. The Morgan fingerprint density at radius 1 is 1.00 bits per heavy atom. The molecule has 1 saturated carbocycles. The number of methoxy groups -OCH3 is 2. The molecule has 7 heteroatoms. The number of hydrogen-bond acceptors (Lipinski definition) is 6. The maximum Gasteiger partial charge on any atom is 0.119 e. The minimum Gasteiger partial charge on any atom is -0.491 e. The standard InChI is InChI=1S/C28H39ClN2O4/c1-33-15-13-31(14-16-34-2)18-22(32)19-35-23-10-7-20(8-11-23)24-5-3-4-6-25-26-17-21(29)9-12-27(26)30-28(24)25/h7-12,17,22,24-25,28,30,32H,3-6,13-16,18-19H2,1-2H3. The lowest BCUT2D eigenvalue weighted by Crippen LogP contribution is -2.39. The van der Waals surface area contributed by atoms with Crippen molar-refractivity contribution in [2.45, 2.75) is 49.7 Å². The molecule has 4 rings (SSSR count). The van der Waals surface area contributed by atoms with Gasteiger partial charge in [-0.05, 0) is 54.3 Å². The van der Waals surface area contributed by atoms with Crippen molar-refractivity contribution in [3.05, 3.63) is 58.6 Å². The molecule has 35 heavy (non-hydrogen) atoms. The summed E-state index contributed by atoms with van der Waals surface area (Å²) in [5, 5.41) is 15.1. The summed E-state index contributed by atoms with van der Waals surface area (Å²) in [6.07, 6.45) is 4.28. The maximum absolute atomic E-state index is 10.5. The molecule has 0 aromatic heterocycles. The van der Waals surface area contributed by atoms with Crippen LogP contribution in [0.15, 0.2) is 42.5 Å². The number of ether oxygens (including phenoxy) is 3. The van der Waals surface area contributed by atoms with Gasteiger partial charge in [0.2, 0.25) is 0 Å². The summed E-state index contributed by atoms with van der Waals surface area (Å²) in [4.78, 5) is 2.13. The molecule has 2 aromatic carbocycles. The Morgan fingerprint density at radius 3 is 2.37 bits per heavy atom. The van der Waals surface area contributed by atoms with Crippen LogP contribution in [0.4, 0.5) is 5.69 Å². The number of halogens is 1. The molecule has 1 aliphatic heterocycles. The highest BCUT2D eigenvalue weighted by Gasteiger charge is 2.39. The molecule has 0 saturated heterocycles. The van der Waals surface area contributed by atoms with Crippen LogP contribution in [0.25, 0.3) is 0 Å². The third kappa shape index (κ3) is 6.89. The van der Waals surface area contributed by atoms with E-state index < -0.39 is 6.10 Å². The van der Waals surface area contributed by atoms with Gasteiger partial charge in [0.25, 0.3) is 0 Å². The van der Waals surface area contributed by atoms with E-state index in [0.717, 1.165) is 23.9 Å². The number of rotatable bonds is 12. The smallest absolute Gasteiger partial charge is 0.119 e. The van der Waals surface area contributed by atoms with Crippen LogP contribution >= 0.6 is 11.6 Å². The van der Waals surface area contributed by atoms with Gasteiger partial charge in [0.05, 0.1) is 13.2 Å². The van der Waals surface area contributed by atoms with Gasteiger partial charge in [-0.2, -0.15) is 0 Å². The lowest BCUT2D eigenvalue weighted by Gasteiger charge is -2.27. The zero-order valence-electron chi connectivity index (χ0n) is 20.9. The first kappa shape index (κ1) is 26.2. The highest BCUT2D eigenvalue weighted by molar-refractivity contribution is 6.30. The molecular weight excluding hydrogens is 464 g/mol. The number of nitrogens with zero attached hydrogens (tertiary/aromatic N) is 1. The third-order valence-electron chi connectivity index (χ3n) is 7.33. The summed E-state index contributed by atoms with van der Waals surface area (Å²) >= 11 is 6.32. The Morgan fingerprint density at radius 2 is 1.69 bits per heavy atom. The van der Waals surface area contributed by atoms with E-state index in [2.05, 4.69) is 34.5 Å². The Bertz CT molecular complexity index is 918. The molecule has 0 amide bonds. The van der Waals surface area contributed by atoms with E-state index in [1.807, 2.05) is 18.2 Å². The van der Waals surface area contributed by atoms with E-state index in [0.29, 0.717) is 37.6 Å². The lowest BCUT2D eigenvalue weighted by atomic mass is 9.82. The SMILES string of the molecule is COCCN(CCOC)CC(O)COc1ccc(C2CCCCC3c4cc(Cl)ccc4NC23)cc1. The van der Waals surface area contributed by atoms with Crippen LogP contribution in [0.5, 0.6) is 5.75 Å². The van der Waals surface area contributed by atoms with Gasteiger partial charge in [0.1, 0.15) is 18.5 Å². The molecule has 0 radical (unpaired) electrons. The molecule has 4 atom stereocenters. The molecule has 2 N–H and O–H groups in total. The number of fused-ring (bicyclic) bond motifs is 3. The van der Waals surface area contributed by atoms with E-state index in [1.165, 1.54) is 42.5 Å². The highest BCUT2D eigenvalue weighted by Crippen LogP contribution is 2.48. The van der Waals surface area contributed by atoms with Crippen molar-refractivity contribution in [3.8, 4) is 5.75 Å². The van der Waals surface area contributed by atoms with Gasteiger partial charge < -0.3 is 24.6 Å². The first-order chi connectivity index (χ1) is 17.1. The van der Waals surface area contributed by atoms with Gasteiger partial charge in [-0.15, -0.1) is 0 Å². The molecule has 1 aliphatic carbocycles. The summed E-state index contributed by atoms with van der Waals surface area (Å²) in [6.45, 7) is 3.51. The fourth-order valence-corrected chi connectivity index (χ4v) is 5.71. The molecule has 0 spiro atoms. The zero-order valence-corrected chi connectivity index (χ0v) is 21.7. The number of anilines is 1. The van der Waals surface area contributed by atoms with E-state index in [1.54, 1.807) is 14.2 Å². The number of hydrogen-bond donors (Lipinski definition) is 2. The second-order valence-corrected chi connectivity index (χ2v) is 10.2. The summed E-state index contributed by atoms with van der Waals surface area (Å²) in [6, 6.07) is 15.1. The minimum absolute atomic E-state index is 0.252. The molecule has 1 heterocycles. The Kier molecular flexibility index (Phi) is 9.69. The van der Waals surface area contributed by atoms with Crippen molar-refractivity contribution < 1.29 is 19.3 Å². The summed E-state index contributed by atoms with van der Waals surface area (Å²) in [5.41, 5.74) is 3.94. The monoisotopic (exact) mass is 502 g/mol. The minimum atomic E-state index is -0.584. The van der Waals surface area contributed by atoms with Crippen LogP contribution in [-0.4, -0.2) is 75.8 Å². The Hall–Kier alpha value is -1.83. The van der Waals surface area contributed by atoms with Crippen molar-refractivity contribution in [2.75, 3.05) is 59.0 Å². The second-order valence-electron chi connectivity index (χ2n) is 9.72. The fourth-order valence-electron chi connectivity index (χ4n) is 5.53. The zero-order chi connectivity index (χ0) is 24.6. The van der Waals surface area contributed by atoms with Crippen molar-refractivity contribution in [1.82, 2.24) is 4.90 Å². The van der Waals surface area contributed by atoms with Crippen molar-refractivity contribution in [2.24, 2.45) is 0 Å². The predicted octanol–water partition coefficient (Wildman–Crippen LogP) is 4.91. The molecule has 6 nitrogen and oxygen atoms in total. The van der Waals surface area contributed by atoms with E-state index >= 15 is 0 Å². The summed E-state index contributed by atoms with van der Waals surface area (Å²) < 4.78 is 16.3. The number of aliphatic hydroxyl groups is 1. The van der Waals surface area contributed by atoms with Gasteiger partial charge >= 0.3 is 0 Å².